The molecule has 0 fully saturated rings. The molecule has 3 heteroatoms. The first-order chi connectivity index (χ1) is 9.19. The Hall–Kier alpha value is -1.16. The summed E-state index contributed by atoms with van der Waals surface area (Å²) in [5.41, 5.74) is 8.65. The molecule has 0 bridgehead atoms. The number of benzene rings is 1. The number of nitrogens with two attached hydrogens (primary N) is 1. The third-order valence-electron chi connectivity index (χ3n) is 3.23. The second kappa shape index (κ2) is 6.85. The number of rotatable bonds is 6. The highest BCUT2D eigenvalue weighted by Gasteiger charge is 2.05. The van der Waals surface area contributed by atoms with E-state index in [1.807, 2.05) is 11.3 Å². The molecule has 0 saturated heterocycles. The Morgan fingerprint density at radius 2 is 1.79 bits per heavy atom. The van der Waals surface area contributed by atoms with Crippen molar-refractivity contribution >= 4 is 11.3 Å². The molecule has 0 radical (unpaired) electrons. The number of thiophene rings is 1. The van der Waals surface area contributed by atoms with E-state index in [-0.39, 0.29) is 6.04 Å². The highest BCUT2D eigenvalue weighted by molar-refractivity contribution is 7.11. The molecule has 0 aliphatic rings. The van der Waals surface area contributed by atoms with E-state index in [1.54, 1.807) is 0 Å². The van der Waals surface area contributed by atoms with Crippen LogP contribution in [0.2, 0.25) is 0 Å². The van der Waals surface area contributed by atoms with Gasteiger partial charge in [-0.1, -0.05) is 36.8 Å². The Labute approximate surface area is 119 Å². The molecule has 102 valence electrons. The molecular weight excluding hydrogens is 252 g/mol. The molecule has 2 rings (SSSR count). The molecule has 0 amide bonds. The molecule has 3 N–H and O–H groups in total. The summed E-state index contributed by atoms with van der Waals surface area (Å²) in [6.45, 7) is 6.00. The maximum atomic E-state index is 6.18. The third-order valence-corrected chi connectivity index (χ3v) is 4.46. The lowest BCUT2D eigenvalue weighted by molar-refractivity contribution is 0.601. The average Bonchev–Trinajstić information content (AvgIpc) is 2.87. The molecule has 0 aliphatic carbocycles. The van der Waals surface area contributed by atoms with E-state index in [0.717, 1.165) is 19.5 Å². The normalized spacial score (nSPS) is 12.6. The number of nitrogens with one attached hydrogen (secondary N) is 1. The van der Waals surface area contributed by atoms with Gasteiger partial charge in [0.05, 0.1) is 0 Å². The molecule has 2 nitrogen and oxygen atoms in total. The molecule has 1 heterocycles. The average molecular weight is 274 g/mol. The quantitative estimate of drug-likeness (QED) is 0.847. The van der Waals surface area contributed by atoms with Crippen LogP contribution in [0.4, 0.5) is 0 Å². The van der Waals surface area contributed by atoms with Crippen LogP contribution in [0.15, 0.2) is 36.4 Å². The standard InChI is InChI=1S/C16H22N2S/c1-3-14-8-9-15(19-14)10-18-11-16(17)13-6-4-12(2)5-7-13/h4-9,16,18H,3,10-11,17H2,1-2H3. The van der Waals surface area contributed by atoms with Gasteiger partial charge in [0.25, 0.3) is 0 Å². The Morgan fingerprint density at radius 1 is 1.11 bits per heavy atom. The molecule has 1 atom stereocenters. The highest BCUT2D eigenvalue weighted by atomic mass is 32.1. The largest absolute Gasteiger partial charge is 0.323 e. The summed E-state index contributed by atoms with van der Waals surface area (Å²) in [5.74, 6) is 0. The van der Waals surface area contributed by atoms with Gasteiger partial charge >= 0.3 is 0 Å². The van der Waals surface area contributed by atoms with Crippen LogP contribution in [0.1, 0.15) is 33.8 Å². The fourth-order valence-corrected chi connectivity index (χ4v) is 2.92. The van der Waals surface area contributed by atoms with Gasteiger partial charge in [-0.25, -0.2) is 0 Å². The fraction of sp³-hybridized carbons (Fsp3) is 0.375. The van der Waals surface area contributed by atoms with E-state index in [0.29, 0.717) is 0 Å². The van der Waals surface area contributed by atoms with Crippen LogP contribution >= 0.6 is 11.3 Å². The lowest BCUT2D eigenvalue weighted by Crippen LogP contribution is -2.26. The first kappa shape index (κ1) is 14.3. The maximum Gasteiger partial charge on any atom is 0.0421 e. The van der Waals surface area contributed by atoms with E-state index in [1.165, 1.54) is 20.9 Å². The molecular formula is C16H22N2S. The number of aryl methyl sites for hydroxylation is 2. The minimum atomic E-state index is 0.0613. The van der Waals surface area contributed by atoms with Crippen molar-refractivity contribution in [2.45, 2.75) is 32.9 Å². The van der Waals surface area contributed by atoms with Crippen LogP contribution in [0.3, 0.4) is 0 Å². The molecule has 19 heavy (non-hydrogen) atoms. The molecule has 2 aromatic rings. The van der Waals surface area contributed by atoms with Gasteiger partial charge < -0.3 is 11.1 Å². The first-order valence-corrected chi connectivity index (χ1v) is 7.61. The van der Waals surface area contributed by atoms with E-state index in [4.69, 9.17) is 5.73 Å². The monoisotopic (exact) mass is 274 g/mol. The molecule has 0 aliphatic heterocycles. The van der Waals surface area contributed by atoms with Crippen molar-refractivity contribution < 1.29 is 0 Å². The second-order valence-corrected chi connectivity index (χ2v) is 6.12. The zero-order chi connectivity index (χ0) is 13.7. The van der Waals surface area contributed by atoms with Crippen molar-refractivity contribution in [3.8, 4) is 0 Å². The van der Waals surface area contributed by atoms with Crippen LogP contribution in [0, 0.1) is 6.92 Å². The Balaban J connectivity index is 1.80. The van der Waals surface area contributed by atoms with Crippen LogP contribution < -0.4 is 11.1 Å². The highest BCUT2D eigenvalue weighted by Crippen LogP contribution is 2.17. The summed E-state index contributed by atoms with van der Waals surface area (Å²) in [4.78, 5) is 2.83. The lowest BCUT2D eigenvalue weighted by atomic mass is 10.1. The van der Waals surface area contributed by atoms with E-state index in [2.05, 4.69) is 55.6 Å². The molecule has 1 aromatic heterocycles. The molecule has 0 saturated carbocycles. The van der Waals surface area contributed by atoms with Gasteiger partial charge in [0.2, 0.25) is 0 Å². The second-order valence-electron chi connectivity index (χ2n) is 4.87. The predicted molar refractivity (Wildman–Crippen MR) is 83.5 cm³/mol. The predicted octanol–water partition coefficient (Wildman–Crippen LogP) is 3.41. The first-order valence-electron chi connectivity index (χ1n) is 6.79. The smallest absolute Gasteiger partial charge is 0.0421 e. The molecule has 0 spiro atoms. The SMILES string of the molecule is CCc1ccc(CNCC(N)c2ccc(C)cc2)s1. The maximum absolute atomic E-state index is 6.18. The van der Waals surface area contributed by atoms with Crippen molar-refractivity contribution in [2.75, 3.05) is 6.54 Å². The van der Waals surface area contributed by atoms with Crippen molar-refractivity contribution in [1.29, 1.82) is 0 Å². The number of hydrogen-bond donors (Lipinski definition) is 2. The van der Waals surface area contributed by atoms with E-state index < -0.39 is 0 Å². The lowest BCUT2D eigenvalue weighted by Gasteiger charge is -2.13. The van der Waals surface area contributed by atoms with Gasteiger partial charge in [-0.05, 0) is 31.0 Å². The van der Waals surface area contributed by atoms with Gasteiger partial charge in [0.15, 0.2) is 0 Å². The van der Waals surface area contributed by atoms with Crippen molar-refractivity contribution in [2.24, 2.45) is 5.73 Å². The molecule has 1 unspecified atom stereocenters. The topological polar surface area (TPSA) is 38.0 Å². The van der Waals surface area contributed by atoms with Crippen LogP contribution in [0.25, 0.3) is 0 Å². The van der Waals surface area contributed by atoms with Gasteiger partial charge in [0.1, 0.15) is 0 Å². The molecule has 1 aromatic carbocycles. The zero-order valence-corrected chi connectivity index (χ0v) is 12.5. The van der Waals surface area contributed by atoms with E-state index >= 15 is 0 Å². The summed E-state index contributed by atoms with van der Waals surface area (Å²) in [6, 6.07) is 12.9. The Kier molecular flexibility index (Phi) is 5.14. The van der Waals surface area contributed by atoms with Crippen molar-refractivity contribution in [3.63, 3.8) is 0 Å². The minimum Gasteiger partial charge on any atom is -0.323 e. The van der Waals surface area contributed by atoms with Gasteiger partial charge in [-0.3, -0.25) is 0 Å². The number of hydrogen-bond acceptors (Lipinski definition) is 3. The summed E-state index contributed by atoms with van der Waals surface area (Å²) in [5, 5.41) is 3.44. The fourth-order valence-electron chi connectivity index (χ4n) is 1.99. The van der Waals surface area contributed by atoms with Crippen LogP contribution in [0.5, 0.6) is 0 Å². The van der Waals surface area contributed by atoms with Gasteiger partial charge in [-0.15, -0.1) is 11.3 Å². The van der Waals surface area contributed by atoms with Crippen LogP contribution in [-0.2, 0) is 13.0 Å². The van der Waals surface area contributed by atoms with Crippen LogP contribution in [-0.4, -0.2) is 6.54 Å². The third kappa shape index (κ3) is 4.16. The minimum absolute atomic E-state index is 0.0613. The summed E-state index contributed by atoms with van der Waals surface area (Å²) >= 11 is 1.88. The van der Waals surface area contributed by atoms with Gasteiger partial charge in [0, 0.05) is 28.9 Å². The Morgan fingerprint density at radius 3 is 2.42 bits per heavy atom. The van der Waals surface area contributed by atoms with Crippen molar-refractivity contribution in [1.82, 2.24) is 5.32 Å². The summed E-state index contributed by atoms with van der Waals surface area (Å²) < 4.78 is 0. The van der Waals surface area contributed by atoms with E-state index in [9.17, 15) is 0 Å². The summed E-state index contributed by atoms with van der Waals surface area (Å²) in [6.07, 6.45) is 1.12. The van der Waals surface area contributed by atoms with Crippen molar-refractivity contribution in [3.05, 3.63) is 57.3 Å². The summed E-state index contributed by atoms with van der Waals surface area (Å²) in [7, 11) is 0. The Bertz CT molecular complexity index is 502. The van der Waals surface area contributed by atoms with Gasteiger partial charge in [-0.2, -0.15) is 0 Å². The zero-order valence-electron chi connectivity index (χ0n) is 11.6.